The number of fused-ring (bicyclic) bond motifs is 1. The average molecular weight is 675 g/mol. The molecule has 9 nitrogen and oxygen atoms in total. The molecule has 11 heteroatoms. The molecular weight excluding hydrogens is 646 g/mol. The van der Waals surface area contributed by atoms with Crippen molar-refractivity contribution in [1.82, 2.24) is 4.57 Å². The minimum Gasteiger partial charge on any atom is -0.493 e. The smallest absolute Gasteiger partial charge is 0.271 e. The van der Waals surface area contributed by atoms with Crippen LogP contribution >= 0.6 is 27.3 Å². The van der Waals surface area contributed by atoms with E-state index in [0.717, 1.165) is 0 Å². The van der Waals surface area contributed by atoms with Crippen LogP contribution in [0.3, 0.4) is 0 Å². The molecule has 0 bridgehead atoms. The maximum atomic E-state index is 14.1. The average Bonchev–Trinajstić information content (AvgIpc) is 3.33. The number of rotatable bonds is 9. The van der Waals surface area contributed by atoms with Crippen LogP contribution < -0.4 is 39.2 Å². The summed E-state index contributed by atoms with van der Waals surface area (Å²) in [4.78, 5) is 33.1. The van der Waals surface area contributed by atoms with E-state index in [4.69, 9.17) is 30.4 Å². The molecule has 5 rings (SSSR count). The third kappa shape index (κ3) is 6.00. The summed E-state index contributed by atoms with van der Waals surface area (Å²) in [7, 11) is 4.60. The topological polar surface area (TPSA) is 100 Å². The minimum absolute atomic E-state index is 0.0720. The Morgan fingerprint density at radius 3 is 2.48 bits per heavy atom. The van der Waals surface area contributed by atoms with E-state index in [-0.39, 0.29) is 18.1 Å². The molecule has 0 spiro atoms. The zero-order valence-electron chi connectivity index (χ0n) is 24.3. The molecule has 4 aromatic rings. The number of ether oxygens (including phenoxy) is 4. The first-order valence-electron chi connectivity index (χ1n) is 13.3. The van der Waals surface area contributed by atoms with Gasteiger partial charge in [0.2, 0.25) is 0 Å². The van der Waals surface area contributed by atoms with E-state index < -0.39 is 6.04 Å². The first-order valence-corrected chi connectivity index (χ1v) is 14.9. The van der Waals surface area contributed by atoms with E-state index >= 15 is 0 Å². The van der Waals surface area contributed by atoms with Gasteiger partial charge in [0.25, 0.3) is 11.5 Å². The van der Waals surface area contributed by atoms with Crippen LogP contribution in [-0.2, 0) is 4.79 Å². The third-order valence-corrected chi connectivity index (χ3v) is 8.44. The van der Waals surface area contributed by atoms with Crippen molar-refractivity contribution in [1.29, 1.82) is 0 Å². The van der Waals surface area contributed by atoms with Crippen LogP contribution in [0.4, 0.5) is 5.69 Å². The Balaban J connectivity index is 1.68. The molecule has 1 aliphatic heterocycles. The van der Waals surface area contributed by atoms with Crippen LogP contribution in [0.25, 0.3) is 6.08 Å². The maximum Gasteiger partial charge on any atom is 0.271 e. The number of allylic oxidation sites excluding steroid dienone is 1. The molecule has 1 N–H and O–H groups in total. The number of amides is 1. The Bertz CT molecular complexity index is 1990. The van der Waals surface area contributed by atoms with Gasteiger partial charge in [-0.3, -0.25) is 14.2 Å². The Morgan fingerprint density at radius 2 is 1.80 bits per heavy atom. The fourth-order valence-electron chi connectivity index (χ4n) is 4.90. The van der Waals surface area contributed by atoms with Gasteiger partial charge >= 0.3 is 0 Å². The van der Waals surface area contributed by atoms with Gasteiger partial charge in [-0.25, -0.2) is 4.99 Å². The van der Waals surface area contributed by atoms with Crippen molar-refractivity contribution < 1.29 is 23.7 Å². The van der Waals surface area contributed by atoms with Gasteiger partial charge in [0.05, 0.1) is 47.6 Å². The highest BCUT2D eigenvalue weighted by molar-refractivity contribution is 9.10. The Hall–Kier alpha value is -4.79. The molecule has 0 aliphatic carbocycles. The zero-order chi connectivity index (χ0) is 31.4. The van der Waals surface area contributed by atoms with E-state index in [1.54, 1.807) is 55.0 Å². The number of para-hydroxylation sites is 1. The quantitative estimate of drug-likeness (QED) is 0.259. The molecule has 3 aromatic carbocycles. The summed E-state index contributed by atoms with van der Waals surface area (Å²) in [6.45, 7) is 1.84. The van der Waals surface area contributed by atoms with Gasteiger partial charge in [-0.05, 0) is 76.5 Å². The molecule has 0 saturated carbocycles. The first-order chi connectivity index (χ1) is 21.3. The van der Waals surface area contributed by atoms with E-state index in [1.807, 2.05) is 30.3 Å². The summed E-state index contributed by atoms with van der Waals surface area (Å²) in [5.74, 6) is 3.97. The number of hydrogen-bond acceptors (Lipinski definition) is 8. The molecule has 1 aromatic heterocycles. The Kier molecular flexibility index (Phi) is 9.23. The number of aromatic nitrogens is 1. The lowest BCUT2D eigenvalue weighted by atomic mass is 9.94. The van der Waals surface area contributed by atoms with Gasteiger partial charge in [-0.1, -0.05) is 41.5 Å². The third-order valence-electron chi connectivity index (χ3n) is 6.87. The number of nitrogens with one attached hydrogen (secondary N) is 1. The van der Waals surface area contributed by atoms with Crippen molar-refractivity contribution in [3.8, 4) is 35.3 Å². The minimum atomic E-state index is -0.794. The normalized spacial score (nSPS) is 14.3. The number of methoxy groups -OCH3 is 3. The van der Waals surface area contributed by atoms with Crippen molar-refractivity contribution in [3.05, 3.63) is 107 Å². The monoisotopic (exact) mass is 673 g/mol. The standard InChI is InChI=1S/C33H28BrN3O6S/c1-6-14-43-30-23(34)15-20(16-26(30)42-5)17-27-32(39)37-29(21-12-13-24(40-3)25(18-21)41-4)28(19(2)35-33(37)44-27)31(38)36-22-10-8-7-9-11-22/h1,7-13,15-18,29H,14H2,2-5H3,(H,36,38)/b27-17-/t29-/m1/s1. The molecule has 1 aliphatic rings. The highest BCUT2D eigenvalue weighted by Crippen LogP contribution is 2.38. The summed E-state index contributed by atoms with van der Waals surface area (Å²) in [5.41, 5.74) is 2.48. The van der Waals surface area contributed by atoms with Crippen LogP contribution in [0, 0.1) is 12.3 Å². The molecule has 224 valence electrons. The van der Waals surface area contributed by atoms with Gasteiger partial charge in [0.15, 0.2) is 27.8 Å². The number of anilines is 1. The SMILES string of the molecule is C#CCOc1c(Br)cc(/C=c2\sc3n(c2=O)[C@H](c2ccc(OC)c(OC)c2)C(C(=O)Nc2ccccc2)=C(C)N=3)cc1OC. The number of carbonyl (C=O) groups excluding carboxylic acids is 1. The van der Waals surface area contributed by atoms with Crippen molar-refractivity contribution in [2.75, 3.05) is 33.3 Å². The van der Waals surface area contributed by atoms with Crippen LogP contribution in [0.2, 0.25) is 0 Å². The van der Waals surface area contributed by atoms with Crippen LogP contribution in [0.1, 0.15) is 24.1 Å². The molecular formula is C33H28BrN3O6S. The van der Waals surface area contributed by atoms with Crippen molar-refractivity contribution in [2.24, 2.45) is 4.99 Å². The number of carbonyl (C=O) groups is 1. The summed E-state index contributed by atoms with van der Waals surface area (Å²) in [6, 6.07) is 17.2. The molecule has 1 amide bonds. The lowest BCUT2D eigenvalue weighted by Gasteiger charge is -2.26. The predicted molar refractivity (Wildman–Crippen MR) is 173 cm³/mol. The van der Waals surface area contributed by atoms with Gasteiger partial charge < -0.3 is 24.3 Å². The number of benzene rings is 3. The van der Waals surface area contributed by atoms with E-state index in [9.17, 15) is 9.59 Å². The van der Waals surface area contributed by atoms with Crippen molar-refractivity contribution >= 4 is 44.9 Å². The second-order valence-corrected chi connectivity index (χ2v) is 11.4. The summed E-state index contributed by atoms with van der Waals surface area (Å²) < 4.78 is 24.7. The van der Waals surface area contributed by atoms with Gasteiger partial charge in [-0.2, -0.15) is 0 Å². The zero-order valence-corrected chi connectivity index (χ0v) is 26.7. The molecule has 0 saturated heterocycles. The van der Waals surface area contributed by atoms with Gasteiger partial charge in [0, 0.05) is 5.69 Å². The van der Waals surface area contributed by atoms with Crippen molar-refractivity contribution in [3.63, 3.8) is 0 Å². The van der Waals surface area contributed by atoms with Crippen LogP contribution in [0.5, 0.6) is 23.0 Å². The largest absolute Gasteiger partial charge is 0.493 e. The van der Waals surface area contributed by atoms with E-state index in [0.29, 0.717) is 64.9 Å². The summed E-state index contributed by atoms with van der Waals surface area (Å²) >= 11 is 4.74. The number of halogens is 1. The molecule has 44 heavy (non-hydrogen) atoms. The van der Waals surface area contributed by atoms with E-state index in [1.165, 1.54) is 25.6 Å². The van der Waals surface area contributed by atoms with Crippen LogP contribution in [0.15, 0.2) is 86.2 Å². The fraction of sp³-hybridized carbons (Fsp3) is 0.182. The fourth-order valence-corrected chi connectivity index (χ4v) is 6.52. The molecule has 0 radical (unpaired) electrons. The molecule has 1 atom stereocenters. The number of terminal acetylenes is 1. The lowest BCUT2D eigenvalue weighted by Crippen LogP contribution is -2.40. The second kappa shape index (κ2) is 13.2. The lowest BCUT2D eigenvalue weighted by molar-refractivity contribution is -0.113. The number of nitrogens with zero attached hydrogens (tertiary/aromatic N) is 2. The van der Waals surface area contributed by atoms with Crippen molar-refractivity contribution in [2.45, 2.75) is 13.0 Å². The molecule has 0 fully saturated rings. The highest BCUT2D eigenvalue weighted by Gasteiger charge is 2.33. The molecule has 0 unspecified atom stereocenters. The van der Waals surface area contributed by atoms with E-state index in [2.05, 4.69) is 27.2 Å². The van der Waals surface area contributed by atoms with Gasteiger partial charge in [-0.15, -0.1) is 6.42 Å². The molecule has 2 heterocycles. The number of hydrogen-bond donors (Lipinski definition) is 1. The Morgan fingerprint density at radius 1 is 1.07 bits per heavy atom. The van der Waals surface area contributed by atoms with Crippen LogP contribution in [-0.4, -0.2) is 38.4 Å². The number of thiazole rings is 1. The maximum absolute atomic E-state index is 14.1. The predicted octanol–water partition coefficient (Wildman–Crippen LogP) is 4.67. The highest BCUT2D eigenvalue weighted by atomic mass is 79.9. The first kappa shape index (κ1) is 30.7. The summed E-state index contributed by atoms with van der Waals surface area (Å²) in [6.07, 6.45) is 7.10. The Labute approximate surface area is 266 Å². The second-order valence-electron chi connectivity index (χ2n) is 9.54. The van der Waals surface area contributed by atoms with Gasteiger partial charge in [0.1, 0.15) is 6.61 Å². The summed E-state index contributed by atoms with van der Waals surface area (Å²) in [5, 5.41) is 2.95.